The zero-order valence-corrected chi connectivity index (χ0v) is 13.0. The minimum Gasteiger partial charge on any atom is -0.493 e. The number of non-ortho nitro benzene ring substituents is 1. The minimum absolute atomic E-state index is 0.0719. The molecule has 0 unspecified atom stereocenters. The molecule has 0 atom stereocenters. The van der Waals surface area contributed by atoms with Crippen molar-refractivity contribution in [2.75, 3.05) is 7.11 Å². The number of methoxy groups -OCH3 is 1. The molecule has 0 bridgehead atoms. The van der Waals surface area contributed by atoms with Crippen LogP contribution in [0.5, 0.6) is 17.4 Å². The second kappa shape index (κ2) is 6.49. The lowest BCUT2D eigenvalue weighted by atomic mass is 10.3. The van der Waals surface area contributed by atoms with Crippen LogP contribution in [0.25, 0.3) is 0 Å². The zero-order chi connectivity index (χ0) is 15.4. The summed E-state index contributed by atoms with van der Waals surface area (Å²) in [4.78, 5) is 18.7. The van der Waals surface area contributed by atoms with Crippen molar-refractivity contribution in [3.63, 3.8) is 0 Å². The van der Waals surface area contributed by atoms with Gasteiger partial charge in [-0.3, -0.25) is 10.1 Å². The zero-order valence-electron chi connectivity index (χ0n) is 11.4. The van der Waals surface area contributed by atoms with E-state index in [0.29, 0.717) is 28.5 Å². The first kappa shape index (κ1) is 15.2. The molecule has 0 aliphatic carbocycles. The summed E-state index contributed by atoms with van der Waals surface area (Å²) in [5.41, 5.74) is -0.0719. The predicted molar refractivity (Wildman–Crippen MR) is 78.8 cm³/mol. The Kier molecular flexibility index (Phi) is 4.69. The smallest absolute Gasteiger partial charge is 0.273 e. The van der Waals surface area contributed by atoms with Gasteiger partial charge in [0.1, 0.15) is 10.4 Å². The molecule has 0 fully saturated rings. The SMILES string of the molecule is CCc1nc(Br)cc(Oc2ccc([N+](=O)[O-])cc2OC)n1. The second-order valence-corrected chi connectivity index (χ2v) is 4.81. The van der Waals surface area contributed by atoms with E-state index in [1.165, 1.54) is 25.3 Å². The first-order valence-electron chi connectivity index (χ1n) is 6.07. The van der Waals surface area contributed by atoms with Crippen molar-refractivity contribution in [1.29, 1.82) is 0 Å². The van der Waals surface area contributed by atoms with Crippen molar-refractivity contribution in [3.8, 4) is 17.4 Å². The molecule has 2 aromatic rings. The van der Waals surface area contributed by atoms with E-state index < -0.39 is 4.92 Å². The Balaban J connectivity index is 2.35. The van der Waals surface area contributed by atoms with Crippen LogP contribution in [0.4, 0.5) is 5.69 Å². The maximum atomic E-state index is 10.7. The summed E-state index contributed by atoms with van der Waals surface area (Å²) in [7, 11) is 1.42. The number of hydrogen-bond acceptors (Lipinski definition) is 6. The van der Waals surface area contributed by atoms with Crippen LogP contribution >= 0.6 is 15.9 Å². The summed E-state index contributed by atoms with van der Waals surface area (Å²) in [6.07, 6.45) is 0.660. The summed E-state index contributed by atoms with van der Waals surface area (Å²) in [5, 5.41) is 10.7. The Bertz CT molecular complexity index is 678. The third-order valence-electron chi connectivity index (χ3n) is 2.61. The molecule has 0 aliphatic heterocycles. The monoisotopic (exact) mass is 353 g/mol. The molecule has 0 N–H and O–H groups in total. The lowest BCUT2D eigenvalue weighted by molar-refractivity contribution is -0.384. The fraction of sp³-hybridized carbons (Fsp3) is 0.231. The quantitative estimate of drug-likeness (QED) is 0.464. The maximum Gasteiger partial charge on any atom is 0.273 e. The van der Waals surface area contributed by atoms with Gasteiger partial charge in [0, 0.05) is 18.6 Å². The summed E-state index contributed by atoms with van der Waals surface area (Å²) < 4.78 is 11.3. The van der Waals surface area contributed by atoms with Gasteiger partial charge in [-0.1, -0.05) is 6.92 Å². The van der Waals surface area contributed by atoms with E-state index >= 15 is 0 Å². The molecule has 8 heteroatoms. The number of aryl methyl sites for hydroxylation is 1. The third-order valence-corrected chi connectivity index (χ3v) is 3.01. The Morgan fingerprint density at radius 3 is 2.67 bits per heavy atom. The van der Waals surface area contributed by atoms with E-state index in [0.717, 1.165) is 0 Å². The van der Waals surface area contributed by atoms with E-state index in [1.54, 1.807) is 6.07 Å². The van der Waals surface area contributed by atoms with Gasteiger partial charge in [-0.25, -0.2) is 4.98 Å². The third kappa shape index (κ3) is 3.66. The number of halogens is 1. The Labute approximate surface area is 129 Å². The number of aromatic nitrogens is 2. The molecular weight excluding hydrogens is 342 g/mol. The highest BCUT2D eigenvalue weighted by Gasteiger charge is 2.14. The molecule has 0 amide bonds. The molecule has 7 nitrogen and oxygen atoms in total. The highest BCUT2D eigenvalue weighted by Crippen LogP contribution is 2.34. The average Bonchev–Trinajstić information content (AvgIpc) is 2.46. The van der Waals surface area contributed by atoms with Crippen molar-refractivity contribution >= 4 is 21.6 Å². The van der Waals surface area contributed by atoms with Gasteiger partial charge in [-0.15, -0.1) is 0 Å². The van der Waals surface area contributed by atoms with Gasteiger partial charge in [0.25, 0.3) is 5.69 Å². The summed E-state index contributed by atoms with van der Waals surface area (Å²) in [6, 6.07) is 5.72. The molecule has 1 aromatic heterocycles. The fourth-order valence-corrected chi connectivity index (χ4v) is 2.02. The van der Waals surface area contributed by atoms with E-state index in [4.69, 9.17) is 9.47 Å². The molecule has 0 saturated heterocycles. The minimum atomic E-state index is -0.497. The summed E-state index contributed by atoms with van der Waals surface area (Å²) in [6.45, 7) is 1.93. The van der Waals surface area contributed by atoms with Gasteiger partial charge in [0.2, 0.25) is 5.88 Å². The topological polar surface area (TPSA) is 87.4 Å². The molecule has 0 spiro atoms. The maximum absolute atomic E-state index is 10.7. The summed E-state index contributed by atoms with van der Waals surface area (Å²) >= 11 is 3.28. The highest BCUT2D eigenvalue weighted by molar-refractivity contribution is 9.10. The van der Waals surface area contributed by atoms with Crippen LogP contribution in [0.15, 0.2) is 28.9 Å². The van der Waals surface area contributed by atoms with Crippen molar-refractivity contribution in [1.82, 2.24) is 9.97 Å². The summed E-state index contributed by atoms with van der Waals surface area (Å²) in [5.74, 6) is 1.56. The second-order valence-electron chi connectivity index (χ2n) is 3.99. The van der Waals surface area contributed by atoms with Gasteiger partial charge < -0.3 is 9.47 Å². The standard InChI is InChI=1S/C13H12BrN3O4/c1-3-12-15-11(14)7-13(16-12)21-9-5-4-8(17(18)19)6-10(9)20-2/h4-7H,3H2,1-2H3. The molecular formula is C13H12BrN3O4. The number of nitro groups is 1. The molecule has 1 heterocycles. The average molecular weight is 354 g/mol. The number of nitro benzene ring substituents is 1. The van der Waals surface area contributed by atoms with Crippen LogP contribution in [0, 0.1) is 10.1 Å². The molecule has 2 rings (SSSR count). The van der Waals surface area contributed by atoms with E-state index in [1.807, 2.05) is 6.92 Å². The van der Waals surface area contributed by atoms with Gasteiger partial charge >= 0.3 is 0 Å². The molecule has 21 heavy (non-hydrogen) atoms. The van der Waals surface area contributed by atoms with Crippen LogP contribution < -0.4 is 9.47 Å². The number of benzene rings is 1. The molecule has 110 valence electrons. The first-order chi connectivity index (χ1) is 10.0. The van der Waals surface area contributed by atoms with Gasteiger partial charge in [0.05, 0.1) is 18.1 Å². The van der Waals surface area contributed by atoms with Crippen molar-refractivity contribution < 1.29 is 14.4 Å². The Hall–Kier alpha value is -2.22. The number of ether oxygens (including phenoxy) is 2. The van der Waals surface area contributed by atoms with Gasteiger partial charge in [-0.2, -0.15) is 4.98 Å². The highest BCUT2D eigenvalue weighted by atomic mass is 79.9. The molecule has 0 aliphatic rings. The number of hydrogen-bond donors (Lipinski definition) is 0. The van der Waals surface area contributed by atoms with Gasteiger partial charge in [0.15, 0.2) is 11.5 Å². The van der Waals surface area contributed by atoms with Crippen molar-refractivity contribution in [2.45, 2.75) is 13.3 Å². The van der Waals surface area contributed by atoms with E-state index in [9.17, 15) is 10.1 Å². The van der Waals surface area contributed by atoms with Crippen LogP contribution in [-0.4, -0.2) is 22.0 Å². The number of rotatable bonds is 5. The Morgan fingerprint density at radius 1 is 1.29 bits per heavy atom. The number of nitrogens with zero attached hydrogens (tertiary/aromatic N) is 3. The normalized spacial score (nSPS) is 10.2. The largest absolute Gasteiger partial charge is 0.493 e. The van der Waals surface area contributed by atoms with Crippen LogP contribution in [-0.2, 0) is 6.42 Å². The Morgan fingerprint density at radius 2 is 2.05 bits per heavy atom. The molecule has 0 saturated carbocycles. The van der Waals surface area contributed by atoms with Crippen LogP contribution in [0.3, 0.4) is 0 Å². The van der Waals surface area contributed by atoms with E-state index in [-0.39, 0.29) is 11.4 Å². The lowest BCUT2D eigenvalue weighted by Gasteiger charge is -2.10. The van der Waals surface area contributed by atoms with Gasteiger partial charge in [-0.05, 0) is 22.0 Å². The van der Waals surface area contributed by atoms with Crippen LogP contribution in [0.1, 0.15) is 12.7 Å². The molecule has 1 aromatic carbocycles. The van der Waals surface area contributed by atoms with Crippen molar-refractivity contribution in [2.24, 2.45) is 0 Å². The fourth-order valence-electron chi connectivity index (χ4n) is 1.62. The molecule has 0 radical (unpaired) electrons. The first-order valence-corrected chi connectivity index (χ1v) is 6.86. The predicted octanol–water partition coefficient (Wildman–Crippen LogP) is 3.51. The van der Waals surface area contributed by atoms with Crippen molar-refractivity contribution in [3.05, 3.63) is 44.8 Å². The van der Waals surface area contributed by atoms with E-state index in [2.05, 4.69) is 25.9 Å². The van der Waals surface area contributed by atoms with Crippen LogP contribution in [0.2, 0.25) is 0 Å². The lowest BCUT2D eigenvalue weighted by Crippen LogP contribution is -1.98.